The number of rotatable bonds is 3. The number of nitrogens with one attached hydrogen (secondary N) is 1. The molecule has 1 aliphatic rings. The summed E-state index contributed by atoms with van der Waals surface area (Å²) in [5, 5.41) is 2.91. The van der Waals surface area contributed by atoms with Gasteiger partial charge in [-0.05, 0) is 48.6 Å². The fourth-order valence-corrected chi connectivity index (χ4v) is 2.70. The fraction of sp³-hybridized carbons (Fsp3) is 0.294. The summed E-state index contributed by atoms with van der Waals surface area (Å²) in [5.74, 6) is 0.310. The highest BCUT2D eigenvalue weighted by atomic mass is 16.5. The van der Waals surface area contributed by atoms with Crippen LogP contribution in [0, 0.1) is 0 Å². The lowest BCUT2D eigenvalue weighted by atomic mass is 9.88. The smallest absolute Gasteiger partial charge is 0.257 e. The van der Waals surface area contributed by atoms with Crippen LogP contribution in [0.2, 0.25) is 0 Å². The van der Waals surface area contributed by atoms with Crippen molar-refractivity contribution >= 4 is 11.6 Å². The van der Waals surface area contributed by atoms with Crippen LogP contribution in [0.5, 0.6) is 5.88 Å². The number of carbonyl (C=O) groups is 1. The van der Waals surface area contributed by atoms with Gasteiger partial charge in [-0.3, -0.25) is 4.79 Å². The zero-order valence-electron chi connectivity index (χ0n) is 12.5. The van der Waals surface area contributed by atoms with E-state index in [9.17, 15) is 4.79 Å². The van der Waals surface area contributed by atoms with E-state index in [-0.39, 0.29) is 11.9 Å². The first-order valence-corrected chi connectivity index (χ1v) is 7.34. The van der Waals surface area contributed by atoms with E-state index >= 15 is 0 Å². The summed E-state index contributed by atoms with van der Waals surface area (Å²) >= 11 is 0. The van der Waals surface area contributed by atoms with Crippen LogP contribution < -0.4 is 15.8 Å². The molecule has 3 rings (SSSR count). The van der Waals surface area contributed by atoms with E-state index in [1.54, 1.807) is 19.2 Å². The highest BCUT2D eigenvalue weighted by molar-refractivity contribution is 6.04. The number of hydrogen-bond acceptors (Lipinski definition) is 4. The first-order chi connectivity index (χ1) is 10.7. The number of aryl methyl sites for hydroxylation is 1. The Morgan fingerprint density at radius 2 is 2.18 bits per heavy atom. The Kier molecular flexibility index (Phi) is 4.06. The van der Waals surface area contributed by atoms with Crippen LogP contribution in [0.1, 0.15) is 27.9 Å². The normalized spacial score (nSPS) is 16.7. The van der Waals surface area contributed by atoms with E-state index in [0.717, 1.165) is 24.9 Å². The third-order valence-electron chi connectivity index (χ3n) is 3.94. The third kappa shape index (κ3) is 3.09. The molecule has 0 radical (unpaired) electrons. The highest BCUT2D eigenvalue weighted by Crippen LogP contribution is 2.24. The van der Waals surface area contributed by atoms with Crippen LogP contribution in [0.4, 0.5) is 5.69 Å². The van der Waals surface area contributed by atoms with Crippen LogP contribution in [0.15, 0.2) is 36.5 Å². The van der Waals surface area contributed by atoms with Gasteiger partial charge in [0, 0.05) is 24.0 Å². The predicted octanol–water partition coefficient (Wildman–Crippen LogP) is 2.16. The summed E-state index contributed by atoms with van der Waals surface area (Å²) in [7, 11) is 1.54. The van der Waals surface area contributed by atoms with E-state index in [2.05, 4.69) is 16.4 Å². The van der Waals surface area contributed by atoms with Gasteiger partial charge in [0.15, 0.2) is 0 Å². The van der Waals surface area contributed by atoms with Crippen molar-refractivity contribution in [3.63, 3.8) is 0 Å². The molecule has 1 aliphatic carbocycles. The quantitative estimate of drug-likeness (QED) is 0.910. The molecule has 5 heteroatoms. The average molecular weight is 297 g/mol. The number of nitrogens with zero attached hydrogens (tertiary/aromatic N) is 1. The Labute approximate surface area is 129 Å². The molecule has 114 valence electrons. The SMILES string of the molecule is COc1ccc(C(=O)Nc2ccc3c(c2)CCC(N)C3)cn1. The van der Waals surface area contributed by atoms with Crippen LogP contribution in [-0.4, -0.2) is 24.0 Å². The molecular formula is C17H19N3O2. The maximum absolute atomic E-state index is 12.2. The van der Waals surface area contributed by atoms with Crippen molar-refractivity contribution in [1.82, 2.24) is 4.98 Å². The lowest BCUT2D eigenvalue weighted by Crippen LogP contribution is -2.27. The number of pyridine rings is 1. The Morgan fingerprint density at radius 3 is 2.91 bits per heavy atom. The average Bonchev–Trinajstić information content (AvgIpc) is 2.55. The minimum Gasteiger partial charge on any atom is -0.481 e. The Bertz CT molecular complexity index is 683. The lowest BCUT2D eigenvalue weighted by molar-refractivity contribution is 0.102. The van der Waals surface area contributed by atoms with Crippen molar-refractivity contribution < 1.29 is 9.53 Å². The summed E-state index contributed by atoms with van der Waals surface area (Å²) in [6.45, 7) is 0. The summed E-state index contributed by atoms with van der Waals surface area (Å²) in [5.41, 5.74) is 9.83. The molecule has 0 saturated heterocycles. The van der Waals surface area contributed by atoms with Gasteiger partial charge in [0.2, 0.25) is 5.88 Å². The molecule has 1 atom stereocenters. The lowest BCUT2D eigenvalue weighted by Gasteiger charge is -2.22. The minimum absolute atomic E-state index is 0.178. The molecule has 2 aromatic rings. The Balaban J connectivity index is 1.73. The summed E-state index contributed by atoms with van der Waals surface area (Å²) in [6, 6.07) is 9.62. The van der Waals surface area contributed by atoms with E-state index in [4.69, 9.17) is 10.5 Å². The number of benzene rings is 1. The van der Waals surface area contributed by atoms with Crippen molar-refractivity contribution in [1.29, 1.82) is 0 Å². The van der Waals surface area contributed by atoms with Gasteiger partial charge < -0.3 is 15.8 Å². The third-order valence-corrected chi connectivity index (χ3v) is 3.94. The highest BCUT2D eigenvalue weighted by Gasteiger charge is 2.16. The zero-order valence-corrected chi connectivity index (χ0v) is 12.5. The van der Waals surface area contributed by atoms with Gasteiger partial charge in [-0.15, -0.1) is 0 Å². The second-order valence-electron chi connectivity index (χ2n) is 5.53. The van der Waals surface area contributed by atoms with Gasteiger partial charge >= 0.3 is 0 Å². The van der Waals surface area contributed by atoms with Gasteiger partial charge in [0.05, 0.1) is 12.7 Å². The maximum atomic E-state index is 12.2. The summed E-state index contributed by atoms with van der Waals surface area (Å²) < 4.78 is 4.99. The second-order valence-corrected chi connectivity index (χ2v) is 5.53. The van der Waals surface area contributed by atoms with Crippen molar-refractivity contribution in [2.24, 2.45) is 5.73 Å². The number of carbonyl (C=O) groups excluding carboxylic acids is 1. The number of methoxy groups -OCH3 is 1. The number of anilines is 1. The first-order valence-electron chi connectivity index (χ1n) is 7.34. The molecule has 1 heterocycles. The number of amides is 1. The van der Waals surface area contributed by atoms with Gasteiger partial charge in [0.25, 0.3) is 5.91 Å². The van der Waals surface area contributed by atoms with Crippen molar-refractivity contribution in [3.05, 3.63) is 53.2 Å². The van der Waals surface area contributed by atoms with Crippen LogP contribution in [0.25, 0.3) is 0 Å². The Morgan fingerprint density at radius 1 is 1.32 bits per heavy atom. The summed E-state index contributed by atoms with van der Waals surface area (Å²) in [4.78, 5) is 16.3. The molecule has 0 fully saturated rings. The molecule has 1 aromatic heterocycles. The molecule has 0 bridgehead atoms. The number of aromatic nitrogens is 1. The number of nitrogens with two attached hydrogens (primary N) is 1. The molecule has 22 heavy (non-hydrogen) atoms. The second kappa shape index (κ2) is 6.15. The maximum Gasteiger partial charge on any atom is 0.257 e. The monoisotopic (exact) mass is 297 g/mol. The standard InChI is InChI=1S/C17H19N3O2/c1-22-16-7-4-13(10-19-16)17(21)20-15-6-3-11-8-14(18)5-2-12(11)9-15/h3-4,6-7,9-10,14H,2,5,8,18H2,1H3,(H,20,21). The fourth-order valence-electron chi connectivity index (χ4n) is 2.70. The van der Waals surface area contributed by atoms with Crippen LogP contribution >= 0.6 is 0 Å². The molecule has 5 nitrogen and oxygen atoms in total. The van der Waals surface area contributed by atoms with E-state index in [1.807, 2.05) is 12.1 Å². The Hall–Kier alpha value is -2.40. The molecular weight excluding hydrogens is 278 g/mol. The number of ether oxygens (including phenoxy) is 1. The van der Waals surface area contributed by atoms with Gasteiger partial charge in [0.1, 0.15) is 0 Å². The summed E-state index contributed by atoms with van der Waals surface area (Å²) in [6.07, 6.45) is 4.37. The van der Waals surface area contributed by atoms with E-state index < -0.39 is 0 Å². The topological polar surface area (TPSA) is 77.2 Å². The van der Waals surface area contributed by atoms with Crippen molar-refractivity contribution in [2.45, 2.75) is 25.3 Å². The molecule has 3 N–H and O–H groups in total. The zero-order chi connectivity index (χ0) is 15.5. The molecule has 0 saturated carbocycles. The molecule has 1 aromatic carbocycles. The van der Waals surface area contributed by atoms with E-state index in [1.165, 1.54) is 17.3 Å². The van der Waals surface area contributed by atoms with Crippen LogP contribution in [-0.2, 0) is 12.8 Å². The number of hydrogen-bond donors (Lipinski definition) is 2. The van der Waals surface area contributed by atoms with Crippen molar-refractivity contribution in [3.8, 4) is 5.88 Å². The molecule has 0 aliphatic heterocycles. The number of fused-ring (bicyclic) bond motifs is 1. The van der Waals surface area contributed by atoms with Gasteiger partial charge in [-0.25, -0.2) is 4.98 Å². The molecule has 1 amide bonds. The minimum atomic E-state index is -0.178. The first kappa shape index (κ1) is 14.5. The van der Waals surface area contributed by atoms with Crippen LogP contribution in [0.3, 0.4) is 0 Å². The molecule has 0 spiro atoms. The van der Waals surface area contributed by atoms with Gasteiger partial charge in [-0.2, -0.15) is 0 Å². The van der Waals surface area contributed by atoms with Crippen molar-refractivity contribution in [2.75, 3.05) is 12.4 Å². The van der Waals surface area contributed by atoms with E-state index in [0.29, 0.717) is 11.4 Å². The predicted molar refractivity (Wildman–Crippen MR) is 85.2 cm³/mol. The largest absolute Gasteiger partial charge is 0.481 e. The molecule has 1 unspecified atom stereocenters. The van der Waals surface area contributed by atoms with Gasteiger partial charge in [-0.1, -0.05) is 6.07 Å².